The Kier molecular flexibility index (Phi) is 7.45. The van der Waals surface area contributed by atoms with Crippen LogP contribution in [0, 0.1) is 11.6 Å². The molecule has 1 amide bonds. The third-order valence-corrected chi connectivity index (χ3v) is 5.62. The van der Waals surface area contributed by atoms with E-state index in [1.807, 2.05) is 0 Å². The van der Waals surface area contributed by atoms with Crippen LogP contribution in [0.1, 0.15) is 59.6 Å². The molecule has 3 atom stereocenters. The van der Waals surface area contributed by atoms with E-state index in [1.165, 1.54) is 11.3 Å². The minimum atomic E-state index is -0.806. The van der Waals surface area contributed by atoms with E-state index in [0.717, 1.165) is 31.3 Å². The van der Waals surface area contributed by atoms with Crippen LogP contribution in [-0.4, -0.2) is 54.4 Å². The van der Waals surface area contributed by atoms with E-state index in [9.17, 15) is 13.6 Å². The highest BCUT2D eigenvalue weighted by Crippen LogP contribution is 2.34. The van der Waals surface area contributed by atoms with Crippen LogP contribution in [0.25, 0.3) is 0 Å². The average Bonchev–Trinajstić information content (AvgIpc) is 3.02. The molecule has 8 heteroatoms. The second kappa shape index (κ2) is 9.75. The molecule has 1 fully saturated rings. The average molecular weight is 452 g/mol. The Morgan fingerprint density at radius 3 is 2.62 bits per heavy atom. The molecule has 0 spiro atoms. The zero-order valence-corrected chi connectivity index (χ0v) is 19.8. The molecule has 2 N–H and O–H groups in total. The highest BCUT2D eigenvalue weighted by Gasteiger charge is 2.39. The van der Waals surface area contributed by atoms with E-state index >= 15 is 0 Å². The number of nitrogens with zero attached hydrogens (tertiary/aromatic N) is 1. The van der Waals surface area contributed by atoms with Crippen LogP contribution < -0.4 is 10.6 Å². The van der Waals surface area contributed by atoms with E-state index in [4.69, 9.17) is 9.47 Å². The summed E-state index contributed by atoms with van der Waals surface area (Å²) in [6.45, 7) is 13.6. The zero-order chi connectivity index (χ0) is 23.6. The van der Waals surface area contributed by atoms with Gasteiger partial charge in [0.05, 0.1) is 12.6 Å². The number of alkyl carbamates (subject to hydrolysis) is 1. The van der Waals surface area contributed by atoms with Gasteiger partial charge in [-0.1, -0.05) is 0 Å². The largest absolute Gasteiger partial charge is 0.444 e. The van der Waals surface area contributed by atoms with Crippen LogP contribution in [0.15, 0.2) is 29.5 Å². The summed E-state index contributed by atoms with van der Waals surface area (Å²) in [6, 6.07) is 3.08. The van der Waals surface area contributed by atoms with Gasteiger partial charge in [-0.3, -0.25) is 4.90 Å². The first-order valence-corrected chi connectivity index (χ1v) is 11.2. The van der Waals surface area contributed by atoms with E-state index in [-0.39, 0.29) is 11.6 Å². The fourth-order valence-corrected chi connectivity index (χ4v) is 4.27. The summed E-state index contributed by atoms with van der Waals surface area (Å²) in [5.74, 6) is -1.11. The number of nitrogens with one attached hydrogen (secondary N) is 2. The number of hydrogen-bond donors (Lipinski definition) is 2. The van der Waals surface area contributed by atoms with Crippen molar-refractivity contribution in [1.29, 1.82) is 0 Å². The first-order chi connectivity index (χ1) is 14.9. The number of carbonyl (C=O) groups excluding carboxylic acids is 1. The maximum atomic E-state index is 14.5. The van der Waals surface area contributed by atoms with Crippen LogP contribution in [0.2, 0.25) is 0 Å². The number of carbonyl (C=O) groups is 1. The molecule has 6 nitrogen and oxygen atoms in total. The SMILES string of the molecule is CC1=C(NC(C)C)CN([C@H]2CO[C@H](c3cc(F)ccc3F)[C@@H](NC(=O)OC(C)(C)C)C2)C1. The predicted molar refractivity (Wildman–Crippen MR) is 119 cm³/mol. The van der Waals surface area contributed by atoms with Crippen molar-refractivity contribution in [3.8, 4) is 0 Å². The molecule has 1 aromatic carbocycles. The molecule has 0 unspecified atom stereocenters. The van der Waals surface area contributed by atoms with Gasteiger partial charge in [0.1, 0.15) is 23.3 Å². The minimum Gasteiger partial charge on any atom is -0.444 e. The summed E-state index contributed by atoms with van der Waals surface area (Å²) in [4.78, 5) is 14.8. The van der Waals surface area contributed by atoms with E-state index in [0.29, 0.717) is 19.1 Å². The first-order valence-electron chi connectivity index (χ1n) is 11.2. The quantitative estimate of drug-likeness (QED) is 0.700. The Bertz CT molecular complexity index is 867. The number of benzene rings is 1. The van der Waals surface area contributed by atoms with Gasteiger partial charge in [0, 0.05) is 36.4 Å². The van der Waals surface area contributed by atoms with Gasteiger partial charge in [-0.25, -0.2) is 13.6 Å². The fraction of sp³-hybridized carbons (Fsp3) is 0.625. The molecule has 1 saturated heterocycles. The Labute approximate surface area is 189 Å². The molecule has 0 aliphatic carbocycles. The van der Waals surface area contributed by atoms with Gasteiger partial charge in [0.15, 0.2) is 0 Å². The molecular weight excluding hydrogens is 416 g/mol. The lowest BCUT2D eigenvalue weighted by molar-refractivity contribution is -0.0568. The van der Waals surface area contributed by atoms with Crippen LogP contribution in [0.3, 0.4) is 0 Å². The number of ether oxygens (including phenoxy) is 2. The van der Waals surface area contributed by atoms with Gasteiger partial charge in [0.25, 0.3) is 0 Å². The molecule has 0 bridgehead atoms. The predicted octanol–water partition coefficient (Wildman–Crippen LogP) is 4.28. The van der Waals surface area contributed by atoms with Crippen molar-refractivity contribution < 1.29 is 23.0 Å². The van der Waals surface area contributed by atoms with Crippen molar-refractivity contribution >= 4 is 6.09 Å². The van der Waals surface area contributed by atoms with E-state index in [2.05, 4.69) is 36.3 Å². The molecule has 2 heterocycles. The summed E-state index contributed by atoms with van der Waals surface area (Å²) in [5.41, 5.74) is 1.90. The number of hydrogen-bond acceptors (Lipinski definition) is 5. The summed E-state index contributed by atoms with van der Waals surface area (Å²) < 4.78 is 39.9. The second-order valence-electron chi connectivity index (χ2n) is 10.0. The summed E-state index contributed by atoms with van der Waals surface area (Å²) in [6.07, 6.45) is -0.881. The Morgan fingerprint density at radius 1 is 1.25 bits per heavy atom. The van der Waals surface area contributed by atoms with E-state index in [1.54, 1.807) is 20.8 Å². The van der Waals surface area contributed by atoms with Gasteiger partial charge in [-0.15, -0.1) is 0 Å². The van der Waals surface area contributed by atoms with Crippen molar-refractivity contribution in [2.45, 2.75) is 77.8 Å². The van der Waals surface area contributed by atoms with Crippen molar-refractivity contribution in [3.63, 3.8) is 0 Å². The Balaban J connectivity index is 1.78. The lowest BCUT2D eigenvalue weighted by atomic mass is 9.92. The van der Waals surface area contributed by atoms with Crippen LogP contribution in [0.5, 0.6) is 0 Å². The van der Waals surface area contributed by atoms with E-state index < -0.39 is 35.5 Å². The van der Waals surface area contributed by atoms with Crippen LogP contribution >= 0.6 is 0 Å². The Morgan fingerprint density at radius 2 is 1.97 bits per heavy atom. The minimum absolute atomic E-state index is 0.0178. The third-order valence-electron chi connectivity index (χ3n) is 5.62. The first kappa shape index (κ1) is 24.5. The summed E-state index contributed by atoms with van der Waals surface area (Å²) >= 11 is 0. The third kappa shape index (κ3) is 6.19. The summed E-state index contributed by atoms with van der Waals surface area (Å²) in [5, 5.41) is 6.34. The molecule has 3 rings (SSSR count). The van der Waals surface area contributed by atoms with Gasteiger partial charge in [0.2, 0.25) is 0 Å². The zero-order valence-electron chi connectivity index (χ0n) is 19.8. The maximum Gasteiger partial charge on any atom is 0.407 e. The summed E-state index contributed by atoms with van der Waals surface area (Å²) in [7, 11) is 0. The molecular formula is C24H35F2N3O3. The number of halogens is 2. The second-order valence-corrected chi connectivity index (χ2v) is 10.0. The molecule has 1 aromatic rings. The molecule has 2 aliphatic heterocycles. The van der Waals surface area contributed by atoms with Gasteiger partial charge in [-0.05, 0) is 71.7 Å². The maximum absolute atomic E-state index is 14.5. The highest BCUT2D eigenvalue weighted by atomic mass is 19.1. The van der Waals surface area contributed by atoms with Gasteiger partial charge < -0.3 is 20.1 Å². The van der Waals surface area contributed by atoms with Gasteiger partial charge >= 0.3 is 6.09 Å². The molecule has 0 aromatic heterocycles. The smallest absolute Gasteiger partial charge is 0.407 e. The molecule has 2 aliphatic rings. The van der Waals surface area contributed by atoms with Crippen molar-refractivity contribution in [1.82, 2.24) is 15.5 Å². The molecule has 178 valence electrons. The number of amides is 1. The van der Waals surface area contributed by atoms with Gasteiger partial charge in [-0.2, -0.15) is 0 Å². The lowest BCUT2D eigenvalue weighted by Gasteiger charge is -2.40. The topological polar surface area (TPSA) is 62.8 Å². The monoisotopic (exact) mass is 451 g/mol. The lowest BCUT2D eigenvalue weighted by Crippen LogP contribution is -2.52. The van der Waals surface area contributed by atoms with Crippen molar-refractivity contribution in [2.75, 3.05) is 19.7 Å². The van der Waals surface area contributed by atoms with Crippen LogP contribution in [0.4, 0.5) is 13.6 Å². The Hall–Kier alpha value is -2.19. The molecule has 32 heavy (non-hydrogen) atoms. The van der Waals surface area contributed by atoms with Crippen molar-refractivity contribution in [3.05, 3.63) is 46.7 Å². The molecule has 0 radical (unpaired) electrons. The molecule has 0 saturated carbocycles. The van der Waals surface area contributed by atoms with Crippen molar-refractivity contribution in [2.24, 2.45) is 0 Å². The highest BCUT2D eigenvalue weighted by molar-refractivity contribution is 5.68. The standard InChI is InChI=1S/C24H35F2N3O3/c1-14(2)27-21-12-29(11-15(21)3)17-10-20(28-23(30)32-24(4,5)6)22(31-13-17)18-9-16(25)7-8-19(18)26/h7-9,14,17,20,22,27H,10-13H2,1-6H3,(H,28,30)/t17-,20+,22-/m1/s1. The number of rotatable bonds is 5. The normalized spacial score (nSPS) is 24.7. The van der Waals surface area contributed by atoms with Crippen LogP contribution in [-0.2, 0) is 9.47 Å². The fourth-order valence-electron chi connectivity index (χ4n) is 4.27.